The summed E-state index contributed by atoms with van der Waals surface area (Å²) in [5.74, 6) is -2.04. The van der Waals surface area contributed by atoms with Crippen LogP contribution in [0, 0.1) is 0 Å². The molecule has 0 aliphatic carbocycles. The molecule has 0 atom stereocenters. The van der Waals surface area contributed by atoms with Crippen molar-refractivity contribution in [3.63, 3.8) is 0 Å². The van der Waals surface area contributed by atoms with E-state index in [1.54, 1.807) is 18.2 Å². The molecule has 1 fully saturated rings. The van der Waals surface area contributed by atoms with E-state index in [0.717, 1.165) is 8.87 Å². The summed E-state index contributed by atoms with van der Waals surface area (Å²) in [6.45, 7) is 0.0957. The van der Waals surface area contributed by atoms with E-state index in [9.17, 15) is 23.1 Å². The van der Waals surface area contributed by atoms with Gasteiger partial charge in [-0.15, -0.1) is 0 Å². The van der Waals surface area contributed by atoms with Crippen molar-refractivity contribution < 1.29 is 18.3 Å². The maximum absolute atomic E-state index is 12.6. The Labute approximate surface area is 176 Å². The molecule has 0 spiro atoms. The number of hydrogen-bond donors (Lipinski definition) is 2. The minimum atomic E-state index is -3.67. The highest BCUT2D eigenvalue weighted by atomic mass is 35.5. The summed E-state index contributed by atoms with van der Waals surface area (Å²) in [6.07, 6.45) is 1.09. The number of hydrogen-bond acceptors (Lipinski definition) is 6. The molecule has 2 N–H and O–H groups in total. The average molecular weight is 461 g/mol. The molecule has 1 aromatic carbocycles. The van der Waals surface area contributed by atoms with Crippen molar-refractivity contribution in [2.75, 3.05) is 16.6 Å². The number of aromatic nitrogens is 2. The number of anilines is 1. The second-order valence-corrected chi connectivity index (χ2v) is 9.34. The first-order chi connectivity index (χ1) is 13.6. The van der Waals surface area contributed by atoms with Crippen LogP contribution in [-0.4, -0.2) is 41.3 Å². The quantitative estimate of drug-likeness (QED) is 0.714. The van der Waals surface area contributed by atoms with Crippen LogP contribution in [0.3, 0.4) is 0 Å². The summed E-state index contributed by atoms with van der Waals surface area (Å²) in [6, 6.07) is 4.72. The molecule has 156 valence electrons. The fourth-order valence-electron chi connectivity index (χ4n) is 2.91. The van der Waals surface area contributed by atoms with E-state index in [0.29, 0.717) is 28.5 Å². The standard InChI is InChI=1S/C17H18Cl2N4O5S/c1-22-16(26)14(24)13(21-17(22)23-6-2-3-7-29(23,27)28)15(25)20-9-10-8-11(18)4-5-12(10)19/h4-5,8,24H,2-3,6-7,9H2,1H3,(H,20,25). The van der Waals surface area contributed by atoms with Crippen molar-refractivity contribution in [2.24, 2.45) is 7.05 Å². The Morgan fingerprint density at radius 3 is 2.72 bits per heavy atom. The van der Waals surface area contributed by atoms with Crippen molar-refractivity contribution in [2.45, 2.75) is 19.4 Å². The van der Waals surface area contributed by atoms with Gasteiger partial charge in [-0.2, -0.15) is 0 Å². The monoisotopic (exact) mass is 460 g/mol. The maximum atomic E-state index is 12.6. The van der Waals surface area contributed by atoms with Crippen LogP contribution in [0.4, 0.5) is 5.95 Å². The number of carbonyl (C=O) groups excluding carboxylic acids is 1. The molecular weight excluding hydrogens is 443 g/mol. The number of nitrogens with one attached hydrogen (secondary N) is 1. The lowest BCUT2D eigenvalue weighted by Gasteiger charge is -2.28. The lowest BCUT2D eigenvalue weighted by molar-refractivity contribution is 0.0942. The normalized spacial score (nSPS) is 15.9. The number of aromatic hydroxyl groups is 1. The highest BCUT2D eigenvalue weighted by molar-refractivity contribution is 7.92. The highest BCUT2D eigenvalue weighted by Crippen LogP contribution is 2.23. The van der Waals surface area contributed by atoms with Gasteiger partial charge < -0.3 is 10.4 Å². The predicted molar refractivity (Wildman–Crippen MR) is 109 cm³/mol. The third-order valence-electron chi connectivity index (χ3n) is 4.48. The van der Waals surface area contributed by atoms with Crippen LogP contribution in [0.5, 0.6) is 5.75 Å². The summed E-state index contributed by atoms with van der Waals surface area (Å²) < 4.78 is 26.6. The molecule has 1 amide bonds. The molecule has 2 heterocycles. The predicted octanol–water partition coefficient (Wildman–Crippen LogP) is 1.65. The van der Waals surface area contributed by atoms with Crippen molar-refractivity contribution in [3.05, 3.63) is 49.9 Å². The first kappa shape index (κ1) is 21.4. The van der Waals surface area contributed by atoms with Gasteiger partial charge in [-0.3, -0.25) is 14.2 Å². The molecule has 1 aliphatic heterocycles. The van der Waals surface area contributed by atoms with E-state index in [-0.39, 0.29) is 24.8 Å². The largest absolute Gasteiger partial charge is 0.501 e. The Bertz CT molecular complexity index is 1130. The fourth-order valence-corrected chi connectivity index (χ4v) is 4.90. The molecule has 0 radical (unpaired) electrons. The number of halogens is 2. The Balaban J connectivity index is 1.94. The molecule has 0 bridgehead atoms. The van der Waals surface area contributed by atoms with Gasteiger partial charge in [0.05, 0.1) is 5.75 Å². The van der Waals surface area contributed by atoms with Gasteiger partial charge in [0.25, 0.3) is 11.5 Å². The van der Waals surface area contributed by atoms with E-state index in [4.69, 9.17) is 23.2 Å². The van der Waals surface area contributed by atoms with Gasteiger partial charge >= 0.3 is 0 Å². The van der Waals surface area contributed by atoms with Gasteiger partial charge in [0, 0.05) is 30.2 Å². The summed E-state index contributed by atoms with van der Waals surface area (Å²) in [5, 5.41) is 13.4. The third-order valence-corrected chi connectivity index (χ3v) is 6.90. The number of sulfonamides is 1. The van der Waals surface area contributed by atoms with Gasteiger partial charge in [0.2, 0.25) is 21.7 Å². The zero-order valence-electron chi connectivity index (χ0n) is 15.4. The van der Waals surface area contributed by atoms with Crippen LogP contribution in [0.15, 0.2) is 23.0 Å². The Morgan fingerprint density at radius 1 is 1.31 bits per heavy atom. The fraction of sp³-hybridized carbons (Fsp3) is 0.353. The number of nitrogens with zero attached hydrogens (tertiary/aromatic N) is 3. The molecule has 12 heteroatoms. The van der Waals surface area contributed by atoms with Crippen LogP contribution in [0.25, 0.3) is 0 Å². The van der Waals surface area contributed by atoms with Gasteiger partial charge in [-0.1, -0.05) is 23.2 Å². The topological polar surface area (TPSA) is 122 Å². The SMILES string of the molecule is Cn1c(N2CCCCS2(=O)=O)nc(C(=O)NCc2cc(Cl)ccc2Cl)c(O)c1=O. The van der Waals surface area contributed by atoms with Crippen LogP contribution in [0.2, 0.25) is 10.0 Å². The molecule has 0 saturated carbocycles. The van der Waals surface area contributed by atoms with E-state index >= 15 is 0 Å². The molecule has 1 aliphatic rings. The van der Waals surface area contributed by atoms with Crippen molar-refractivity contribution in [1.29, 1.82) is 0 Å². The number of carbonyl (C=O) groups is 1. The zero-order chi connectivity index (χ0) is 21.3. The Morgan fingerprint density at radius 2 is 2.03 bits per heavy atom. The van der Waals surface area contributed by atoms with Crippen LogP contribution < -0.4 is 15.2 Å². The van der Waals surface area contributed by atoms with Crippen molar-refractivity contribution >= 4 is 45.1 Å². The maximum Gasteiger partial charge on any atom is 0.297 e. The van der Waals surface area contributed by atoms with Crippen molar-refractivity contribution in [1.82, 2.24) is 14.9 Å². The molecule has 0 unspecified atom stereocenters. The number of benzene rings is 1. The lowest BCUT2D eigenvalue weighted by atomic mass is 10.2. The first-order valence-corrected chi connectivity index (χ1v) is 11.0. The Kier molecular flexibility index (Phi) is 6.06. The van der Waals surface area contributed by atoms with E-state index in [2.05, 4.69) is 10.3 Å². The minimum Gasteiger partial charge on any atom is -0.501 e. The molecule has 1 saturated heterocycles. The molecule has 2 aromatic rings. The molecule has 9 nitrogen and oxygen atoms in total. The summed E-state index contributed by atoms with van der Waals surface area (Å²) in [4.78, 5) is 28.9. The molecule has 29 heavy (non-hydrogen) atoms. The highest BCUT2D eigenvalue weighted by Gasteiger charge is 2.31. The minimum absolute atomic E-state index is 0.0358. The van der Waals surface area contributed by atoms with Crippen LogP contribution >= 0.6 is 23.2 Å². The Hall–Kier alpha value is -2.30. The summed E-state index contributed by atoms with van der Waals surface area (Å²) >= 11 is 12.0. The van der Waals surface area contributed by atoms with Gasteiger partial charge in [-0.05, 0) is 36.6 Å². The van der Waals surface area contributed by atoms with Crippen LogP contribution in [-0.2, 0) is 23.6 Å². The summed E-state index contributed by atoms with van der Waals surface area (Å²) in [7, 11) is -2.39. The molecule has 3 rings (SSSR count). The van der Waals surface area contributed by atoms with Gasteiger partial charge in [0.1, 0.15) is 0 Å². The lowest BCUT2D eigenvalue weighted by Crippen LogP contribution is -2.42. The second-order valence-electron chi connectivity index (χ2n) is 6.49. The summed E-state index contributed by atoms with van der Waals surface area (Å²) in [5.41, 5.74) is -0.974. The van der Waals surface area contributed by atoms with Gasteiger partial charge in [0.15, 0.2) is 5.69 Å². The zero-order valence-corrected chi connectivity index (χ0v) is 17.7. The first-order valence-electron chi connectivity index (χ1n) is 8.64. The average Bonchev–Trinajstić information content (AvgIpc) is 2.67. The molecule has 1 aromatic heterocycles. The van der Waals surface area contributed by atoms with E-state index in [1.165, 1.54) is 7.05 Å². The van der Waals surface area contributed by atoms with Crippen molar-refractivity contribution in [3.8, 4) is 5.75 Å². The second kappa shape index (κ2) is 8.21. The number of rotatable bonds is 4. The van der Waals surface area contributed by atoms with Crippen LogP contribution in [0.1, 0.15) is 28.9 Å². The number of amides is 1. The smallest absolute Gasteiger partial charge is 0.297 e. The van der Waals surface area contributed by atoms with Gasteiger partial charge in [-0.25, -0.2) is 17.7 Å². The molecular formula is C17H18Cl2N4O5S. The van der Waals surface area contributed by atoms with E-state index < -0.39 is 32.9 Å². The van der Waals surface area contributed by atoms with E-state index in [1.807, 2.05) is 0 Å². The third kappa shape index (κ3) is 4.34.